The molecule has 0 aliphatic carbocycles. The summed E-state index contributed by atoms with van der Waals surface area (Å²) >= 11 is 0. The van der Waals surface area contributed by atoms with E-state index in [2.05, 4.69) is 6.07 Å². The maximum atomic E-state index is 12.1. The molecule has 0 saturated carbocycles. The van der Waals surface area contributed by atoms with E-state index in [-0.39, 0.29) is 5.78 Å². The molecule has 1 aliphatic heterocycles. The van der Waals surface area contributed by atoms with Crippen LogP contribution in [0.1, 0.15) is 43.9 Å². The summed E-state index contributed by atoms with van der Waals surface area (Å²) in [7, 11) is 0. The van der Waals surface area contributed by atoms with Crippen LogP contribution < -0.4 is 4.74 Å². The molecule has 0 aromatic heterocycles. The van der Waals surface area contributed by atoms with Gasteiger partial charge in [0.15, 0.2) is 5.78 Å². The second kappa shape index (κ2) is 6.01. The van der Waals surface area contributed by atoms with Gasteiger partial charge in [-0.2, -0.15) is 0 Å². The van der Waals surface area contributed by atoms with E-state index in [1.165, 1.54) is 5.56 Å². The minimum Gasteiger partial charge on any atom is -0.493 e. The average molecular weight is 248 g/mol. The summed E-state index contributed by atoms with van der Waals surface area (Å²) in [5.74, 6) is 1.11. The third-order valence-corrected chi connectivity index (χ3v) is 3.14. The third-order valence-electron chi connectivity index (χ3n) is 3.14. The van der Waals surface area contributed by atoms with Crippen molar-refractivity contribution in [1.29, 1.82) is 0 Å². The number of ether oxygens (including phenoxy) is 2. The summed E-state index contributed by atoms with van der Waals surface area (Å²) in [4.78, 5) is 12.1. The molecule has 0 amide bonds. The summed E-state index contributed by atoms with van der Waals surface area (Å²) in [6.07, 6.45) is 1.93. The van der Waals surface area contributed by atoms with Crippen LogP contribution in [0, 0.1) is 0 Å². The Morgan fingerprint density at radius 2 is 2.28 bits per heavy atom. The zero-order valence-electron chi connectivity index (χ0n) is 11.1. The predicted molar refractivity (Wildman–Crippen MR) is 69.9 cm³/mol. The molecule has 3 nitrogen and oxygen atoms in total. The van der Waals surface area contributed by atoms with Gasteiger partial charge in [-0.05, 0) is 36.6 Å². The Labute approximate surface area is 108 Å². The van der Waals surface area contributed by atoms with Crippen molar-refractivity contribution in [3.63, 3.8) is 0 Å². The van der Waals surface area contributed by atoms with Crippen molar-refractivity contribution >= 4 is 5.78 Å². The van der Waals surface area contributed by atoms with Crippen LogP contribution in [0.5, 0.6) is 5.75 Å². The molecule has 1 aromatic carbocycles. The maximum Gasteiger partial charge on any atom is 0.166 e. The summed E-state index contributed by atoms with van der Waals surface area (Å²) in [6.45, 7) is 5.22. The van der Waals surface area contributed by atoms with Gasteiger partial charge in [-0.1, -0.05) is 13.0 Å². The number of carbonyl (C=O) groups is 1. The highest BCUT2D eigenvalue weighted by Crippen LogP contribution is 2.30. The molecule has 0 radical (unpaired) electrons. The standard InChI is InChI=1S/C15H20O3/c1-3-5-13(16)15(17-4-2)12-6-7-14-11(10-12)8-9-18-14/h6-7,10,15H,3-5,8-9H2,1-2H3. The van der Waals surface area contributed by atoms with Crippen molar-refractivity contribution in [3.05, 3.63) is 29.3 Å². The molecule has 2 rings (SSSR count). The van der Waals surface area contributed by atoms with Gasteiger partial charge in [0.2, 0.25) is 0 Å². The van der Waals surface area contributed by atoms with Gasteiger partial charge in [-0.25, -0.2) is 0 Å². The molecule has 1 unspecified atom stereocenters. The van der Waals surface area contributed by atoms with Gasteiger partial charge >= 0.3 is 0 Å². The van der Waals surface area contributed by atoms with Gasteiger partial charge in [-0.3, -0.25) is 4.79 Å². The Balaban J connectivity index is 2.22. The van der Waals surface area contributed by atoms with Crippen LogP contribution in [0.2, 0.25) is 0 Å². The van der Waals surface area contributed by atoms with Crippen LogP contribution in [-0.4, -0.2) is 19.0 Å². The highest BCUT2D eigenvalue weighted by atomic mass is 16.5. The van der Waals surface area contributed by atoms with Crippen molar-refractivity contribution in [2.75, 3.05) is 13.2 Å². The number of hydrogen-bond acceptors (Lipinski definition) is 3. The van der Waals surface area contributed by atoms with Crippen LogP contribution in [0.25, 0.3) is 0 Å². The smallest absolute Gasteiger partial charge is 0.166 e. The van der Waals surface area contributed by atoms with Crippen molar-refractivity contribution in [3.8, 4) is 5.75 Å². The van der Waals surface area contributed by atoms with E-state index in [1.807, 2.05) is 26.0 Å². The Kier molecular flexibility index (Phi) is 4.37. The summed E-state index contributed by atoms with van der Waals surface area (Å²) in [5.41, 5.74) is 2.14. The molecule has 0 spiro atoms. The Morgan fingerprint density at radius 1 is 1.44 bits per heavy atom. The molecule has 18 heavy (non-hydrogen) atoms. The zero-order chi connectivity index (χ0) is 13.0. The second-order valence-corrected chi connectivity index (χ2v) is 4.52. The summed E-state index contributed by atoms with van der Waals surface area (Å²) in [6, 6.07) is 5.94. The van der Waals surface area contributed by atoms with Gasteiger partial charge in [0.05, 0.1) is 6.61 Å². The highest BCUT2D eigenvalue weighted by molar-refractivity contribution is 5.84. The quantitative estimate of drug-likeness (QED) is 0.776. The van der Waals surface area contributed by atoms with Crippen molar-refractivity contribution in [2.45, 2.75) is 39.2 Å². The van der Waals surface area contributed by atoms with E-state index >= 15 is 0 Å². The van der Waals surface area contributed by atoms with Gasteiger partial charge in [-0.15, -0.1) is 0 Å². The molecule has 3 heteroatoms. The lowest BCUT2D eigenvalue weighted by Gasteiger charge is -2.16. The molecule has 0 saturated heterocycles. The lowest BCUT2D eigenvalue weighted by molar-refractivity contribution is -0.130. The lowest BCUT2D eigenvalue weighted by Crippen LogP contribution is -2.16. The average Bonchev–Trinajstić information content (AvgIpc) is 2.83. The molecular weight excluding hydrogens is 228 g/mol. The number of ketones is 1. The molecule has 0 N–H and O–H groups in total. The predicted octanol–water partition coefficient (Wildman–Crippen LogP) is 3.07. The fourth-order valence-corrected chi connectivity index (χ4v) is 2.29. The maximum absolute atomic E-state index is 12.1. The number of carbonyl (C=O) groups excluding carboxylic acids is 1. The largest absolute Gasteiger partial charge is 0.493 e. The fourth-order valence-electron chi connectivity index (χ4n) is 2.29. The molecule has 1 aromatic rings. The number of rotatable bonds is 6. The van der Waals surface area contributed by atoms with Gasteiger partial charge in [0.25, 0.3) is 0 Å². The summed E-state index contributed by atoms with van der Waals surface area (Å²) < 4.78 is 11.1. The van der Waals surface area contributed by atoms with E-state index in [0.29, 0.717) is 13.0 Å². The number of benzene rings is 1. The van der Waals surface area contributed by atoms with Crippen LogP contribution in [0.3, 0.4) is 0 Å². The molecule has 1 aliphatic rings. The normalized spacial score (nSPS) is 15.0. The Morgan fingerprint density at radius 3 is 3.00 bits per heavy atom. The van der Waals surface area contributed by atoms with E-state index in [1.54, 1.807) is 0 Å². The Hall–Kier alpha value is -1.35. The van der Waals surface area contributed by atoms with Crippen LogP contribution in [-0.2, 0) is 16.0 Å². The molecule has 98 valence electrons. The van der Waals surface area contributed by atoms with Crippen molar-refractivity contribution in [1.82, 2.24) is 0 Å². The van der Waals surface area contributed by atoms with Crippen molar-refractivity contribution in [2.24, 2.45) is 0 Å². The SMILES string of the molecule is CCCC(=O)C(OCC)c1ccc2c(c1)CCO2. The molecular formula is C15H20O3. The topological polar surface area (TPSA) is 35.5 Å². The van der Waals surface area contributed by atoms with Gasteiger partial charge < -0.3 is 9.47 Å². The first-order valence-corrected chi connectivity index (χ1v) is 6.66. The molecule has 1 heterocycles. The van der Waals surface area contributed by atoms with Crippen molar-refractivity contribution < 1.29 is 14.3 Å². The van der Waals surface area contributed by atoms with Crippen LogP contribution in [0.4, 0.5) is 0 Å². The molecule has 0 bridgehead atoms. The van der Waals surface area contributed by atoms with E-state index in [9.17, 15) is 4.79 Å². The third kappa shape index (κ3) is 2.72. The second-order valence-electron chi connectivity index (χ2n) is 4.52. The first-order chi connectivity index (χ1) is 8.76. The minimum absolute atomic E-state index is 0.165. The van der Waals surface area contributed by atoms with E-state index in [4.69, 9.17) is 9.47 Å². The highest BCUT2D eigenvalue weighted by Gasteiger charge is 2.22. The van der Waals surface area contributed by atoms with E-state index < -0.39 is 6.10 Å². The van der Waals surface area contributed by atoms with E-state index in [0.717, 1.165) is 30.8 Å². The lowest BCUT2D eigenvalue weighted by atomic mass is 9.99. The van der Waals surface area contributed by atoms with Crippen LogP contribution in [0.15, 0.2) is 18.2 Å². The number of hydrogen-bond donors (Lipinski definition) is 0. The monoisotopic (exact) mass is 248 g/mol. The molecule has 1 atom stereocenters. The fraction of sp³-hybridized carbons (Fsp3) is 0.533. The van der Waals surface area contributed by atoms with Crippen LogP contribution >= 0.6 is 0 Å². The molecule has 0 fully saturated rings. The van der Waals surface area contributed by atoms with Gasteiger partial charge in [0, 0.05) is 19.4 Å². The first-order valence-electron chi connectivity index (χ1n) is 6.66. The zero-order valence-corrected chi connectivity index (χ0v) is 11.1. The van der Waals surface area contributed by atoms with Gasteiger partial charge in [0.1, 0.15) is 11.9 Å². The number of fused-ring (bicyclic) bond motifs is 1. The Bertz CT molecular complexity index is 426. The summed E-state index contributed by atoms with van der Waals surface area (Å²) in [5, 5.41) is 0. The minimum atomic E-state index is -0.416. The first kappa shape index (κ1) is 13.1. The number of Topliss-reactive ketones (excluding diaryl/α,β-unsaturated/α-hetero) is 1.